The third kappa shape index (κ3) is 5.56. The Morgan fingerprint density at radius 1 is 0.286 bits per heavy atom. The summed E-state index contributed by atoms with van der Waals surface area (Å²) in [5, 5.41) is 6.83. The van der Waals surface area contributed by atoms with Gasteiger partial charge in [0.15, 0.2) is 17.5 Å². The first-order valence-electron chi connectivity index (χ1n) is 23.9. The summed E-state index contributed by atoms with van der Waals surface area (Å²) < 4.78 is 6.57. The first kappa shape index (κ1) is 38.8. The van der Waals surface area contributed by atoms with Gasteiger partial charge in [-0.25, -0.2) is 15.0 Å². The minimum atomic E-state index is -0.392. The van der Waals surface area contributed by atoms with Crippen LogP contribution in [0.5, 0.6) is 0 Å². The maximum Gasteiger partial charge on any atom is 0.164 e. The average molecular weight is 890 g/mol. The monoisotopic (exact) mass is 889 g/mol. The van der Waals surface area contributed by atoms with E-state index in [-0.39, 0.29) is 0 Å². The minimum absolute atomic E-state index is 0.392. The molecule has 2 aliphatic carbocycles. The van der Waals surface area contributed by atoms with Crippen LogP contribution in [0.25, 0.3) is 122 Å². The Kier molecular flexibility index (Phi) is 8.25. The molecule has 13 aromatic rings. The van der Waals surface area contributed by atoms with E-state index in [1.165, 1.54) is 77.2 Å². The normalized spacial score (nSPS) is 13.0. The number of aromatic nitrogens is 3. The summed E-state index contributed by atoms with van der Waals surface area (Å²) in [6.45, 7) is 0. The van der Waals surface area contributed by atoms with Crippen molar-refractivity contribution in [2.45, 2.75) is 5.41 Å². The van der Waals surface area contributed by atoms with Crippen molar-refractivity contribution >= 4 is 43.5 Å². The second-order valence-corrected chi connectivity index (χ2v) is 18.6. The number of rotatable bonds is 5. The van der Waals surface area contributed by atoms with Gasteiger partial charge >= 0.3 is 0 Å². The van der Waals surface area contributed by atoms with E-state index in [1.54, 1.807) is 0 Å². The van der Waals surface area contributed by atoms with Crippen LogP contribution in [-0.2, 0) is 5.41 Å². The first-order chi connectivity index (χ1) is 34.7. The highest BCUT2D eigenvalue weighted by atomic mass is 16.3. The molecule has 0 saturated heterocycles. The SMILES string of the molecule is c1ccc(-c2nc(-c3ccccc3)nc(-c3cccc4oc5ccc(-c6ccc7ccc8ccc(-c9cccc%10c9-c9ccccc9C%109c%10ccccc%10-c%10ccccc%109)cc8c7c6)cc5c34)n2)cc1. The molecular formula is C66H39N3O. The molecule has 324 valence electrons. The van der Waals surface area contributed by atoms with Crippen LogP contribution >= 0.6 is 0 Å². The van der Waals surface area contributed by atoms with Gasteiger partial charge in [-0.05, 0) is 119 Å². The zero-order chi connectivity index (χ0) is 45.9. The Labute approximate surface area is 403 Å². The second-order valence-electron chi connectivity index (χ2n) is 18.6. The molecule has 0 atom stereocenters. The lowest BCUT2D eigenvalue weighted by Gasteiger charge is -2.30. The fraction of sp³-hybridized carbons (Fsp3) is 0.0152. The van der Waals surface area contributed by atoms with Crippen molar-refractivity contribution < 1.29 is 4.42 Å². The smallest absolute Gasteiger partial charge is 0.164 e. The van der Waals surface area contributed by atoms with E-state index < -0.39 is 5.41 Å². The molecule has 2 heterocycles. The maximum atomic E-state index is 6.57. The Morgan fingerprint density at radius 2 is 0.743 bits per heavy atom. The minimum Gasteiger partial charge on any atom is -0.456 e. The quantitative estimate of drug-likeness (QED) is 0.162. The second kappa shape index (κ2) is 14.9. The molecule has 11 aromatic carbocycles. The van der Waals surface area contributed by atoms with Crippen LogP contribution in [0, 0.1) is 0 Å². The molecule has 4 heteroatoms. The number of hydrogen-bond donors (Lipinski definition) is 0. The molecule has 0 saturated carbocycles. The van der Waals surface area contributed by atoms with Gasteiger partial charge in [0.05, 0.1) is 5.41 Å². The third-order valence-electron chi connectivity index (χ3n) is 14.9. The number of nitrogens with zero attached hydrogens (tertiary/aromatic N) is 3. The molecule has 4 nitrogen and oxygen atoms in total. The van der Waals surface area contributed by atoms with Crippen molar-refractivity contribution in [1.29, 1.82) is 0 Å². The summed E-state index contributed by atoms with van der Waals surface area (Å²) in [6.07, 6.45) is 0. The lowest BCUT2D eigenvalue weighted by Crippen LogP contribution is -2.25. The van der Waals surface area contributed by atoms with E-state index in [2.05, 4.69) is 164 Å². The highest BCUT2D eigenvalue weighted by Crippen LogP contribution is 2.64. The van der Waals surface area contributed by atoms with Crippen molar-refractivity contribution in [2.75, 3.05) is 0 Å². The van der Waals surface area contributed by atoms with Crippen LogP contribution in [0.15, 0.2) is 241 Å². The van der Waals surface area contributed by atoms with Gasteiger partial charge in [0.1, 0.15) is 11.2 Å². The van der Waals surface area contributed by atoms with Crippen molar-refractivity contribution in [1.82, 2.24) is 15.0 Å². The van der Waals surface area contributed by atoms with Crippen molar-refractivity contribution in [3.05, 3.63) is 259 Å². The molecule has 2 aliphatic rings. The van der Waals surface area contributed by atoms with Crippen LogP contribution in [0.2, 0.25) is 0 Å². The zero-order valence-electron chi connectivity index (χ0n) is 37.8. The maximum absolute atomic E-state index is 6.57. The van der Waals surface area contributed by atoms with Crippen molar-refractivity contribution in [3.63, 3.8) is 0 Å². The van der Waals surface area contributed by atoms with Gasteiger partial charge < -0.3 is 4.42 Å². The van der Waals surface area contributed by atoms with Crippen molar-refractivity contribution in [2.24, 2.45) is 0 Å². The number of fused-ring (bicyclic) bond motifs is 16. The predicted octanol–water partition coefficient (Wildman–Crippen LogP) is 16.8. The number of benzene rings is 11. The topological polar surface area (TPSA) is 51.8 Å². The van der Waals surface area contributed by atoms with E-state index >= 15 is 0 Å². The van der Waals surface area contributed by atoms with Crippen LogP contribution in [0.4, 0.5) is 0 Å². The van der Waals surface area contributed by atoms with Gasteiger partial charge in [-0.3, -0.25) is 0 Å². The van der Waals surface area contributed by atoms with E-state index in [1.807, 2.05) is 72.8 Å². The summed E-state index contributed by atoms with van der Waals surface area (Å²) in [7, 11) is 0. The molecule has 0 amide bonds. The summed E-state index contributed by atoms with van der Waals surface area (Å²) >= 11 is 0. The van der Waals surface area contributed by atoms with Crippen LogP contribution in [-0.4, -0.2) is 15.0 Å². The van der Waals surface area contributed by atoms with E-state index in [0.717, 1.165) is 49.8 Å². The van der Waals surface area contributed by atoms with Gasteiger partial charge in [-0.1, -0.05) is 206 Å². The Morgan fingerprint density at radius 3 is 1.40 bits per heavy atom. The van der Waals surface area contributed by atoms with E-state index in [9.17, 15) is 0 Å². The molecule has 0 N–H and O–H groups in total. The molecule has 0 unspecified atom stereocenters. The van der Waals surface area contributed by atoms with Gasteiger partial charge in [-0.15, -0.1) is 0 Å². The van der Waals surface area contributed by atoms with Crippen LogP contribution in [0.3, 0.4) is 0 Å². The lowest BCUT2D eigenvalue weighted by atomic mass is 9.70. The van der Waals surface area contributed by atoms with Crippen molar-refractivity contribution in [3.8, 4) is 78.7 Å². The Hall–Kier alpha value is -9.25. The van der Waals surface area contributed by atoms with Crippen LogP contribution in [0.1, 0.15) is 22.3 Å². The predicted molar refractivity (Wildman–Crippen MR) is 286 cm³/mol. The van der Waals surface area contributed by atoms with Gasteiger partial charge in [-0.2, -0.15) is 0 Å². The standard InChI is InChI=1S/C66H39N3O/c1-3-15-42(16-4-1)63-67-64(43-17-5-2-6-18-43)69-65(68-63)51-23-14-28-60-62(51)54-38-45(35-36-59(54)70-60)44-33-31-40-29-30-41-32-34-46(39-53(41)52(40)37-44)47-22-13-27-58-61(47)50-21-9-12-26-57(50)66(58)55-24-10-7-19-48(55)49-20-8-11-25-56(49)66/h1-39H. The first-order valence-corrected chi connectivity index (χ1v) is 23.9. The van der Waals surface area contributed by atoms with Gasteiger partial charge in [0.25, 0.3) is 0 Å². The summed E-state index contributed by atoms with van der Waals surface area (Å²) in [4.78, 5) is 15.2. The Bertz CT molecular complexity index is 4200. The fourth-order valence-corrected chi connectivity index (χ4v) is 11.9. The van der Waals surface area contributed by atoms with Gasteiger partial charge in [0, 0.05) is 27.5 Å². The molecule has 0 fully saturated rings. The summed E-state index contributed by atoms with van der Waals surface area (Å²) in [6, 6.07) is 85.4. The highest BCUT2D eigenvalue weighted by Gasteiger charge is 2.52. The molecule has 0 aliphatic heterocycles. The molecule has 15 rings (SSSR count). The Balaban J connectivity index is 0.881. The molecule has 0 bridgehead atoms. The summed E-state index contributed by atoms with van der Waals surface area (Å²) in [5.41, 5.74) is 19.3. The molecular weight excluding hydrogens is 851 g/mol. The fourth-order valence-electron chi connectivity index (χ4n) is 11.9. The number of hydrogen-bond acceptors (Lipinski definition) is 4. The zero-order valence-corrected chi connectivity index (χ0v) is 37.8. The third-order valence-corrected chi connectivity index (χ3v) is 14.9. The van der Waals surface area contributed by atoms with E-state index in [0.29, 0.717) is 17.5 Å². The van der Waals surface area contributed by atoms with E-state index in [4.69, 9.17) is 19.4 Å². The van der Waals surface area contributed by atoms with Gasteiger partial charge in [0.2, 0.25) is 0 Å². The number of furan rings is 1. The molecule has 0 radical (unpaired) electrons. The summed E-state index contributed by atoms with van der Waals surface area (Å²) in [5.74, 6) is 1.84. The largest absolute Gasteiger partial charge is 0.456 e. The lowest BCUT2D eigenvalue weighted by molar-refractivity contribution is 0.669. The average Bonchev–Trinajstić information content (AvgIpc) is 4.08. The molecule has 2 aromatic heterocycles. The molecule has 70 heavy (non-hydrogen) atoms. The van der Waals surface area contributed by atoms with Crippen LogP contribution < -0.4 is 0 Å². The highest BCUT2D eigenvalue weighted by molar-refractivity contribution is 6.14. The molecule has 1 spiro atoms.